The Balaban J connectivity index is 1.74. The van der Waals surface area contributed by atoms with Gasteiger partial charge in [-0.3, -0.25) is 15.3 Å². The molecule has 2 heterocycles. The molecule has 0 saturated heterocycles. The second-order valence-corrected chi connectivity index (χ2v) is 4.37. The third-order valence-electron chi connectivity index (χ3n) is 2.80. The van der Waals surface area contributed by atoms with Crippen LogP contribution in [0.3, 0.4) is 0 Å². The van der Waals surface area contributed by atoms with E-state index in [0.29, 0.717) is 22.9 Å². The molecule has 100 valence electrons. The van der Waals surface area contributed by atoms with Crippen LogP contribution in [0, 0.1) is 0 Å². The van der Waals surface area contributed by atoms with Crippen LogP contribution < -0.4 is 21.9 Å². The average Bonchev–Trinajstić information content (AvgIpc) is 3.09. The molecule has 6 N–H and O–H groups in total. The summed E-state index contributed by atoms with van der Waals surface area (Å²) in [5.74, 6) is 6.00. The molecule has 1 fully saturated rings. The van der Waals surface area contributed by atoms with Gasteiger partial charge < -0.3 is 10.6 Å². The number of amides is 1. The lowest BCUT2D eigenvalue weighted by molar-refractivity contribution is -0.119. The molecule has 19 heavy (non-hydrogen) atoms. The van der Waals surface area contributed by atoms with Crippen molar-refractivity contribution in [2.24, 2.45) is 5.84 Å². The van der Waals surface area contributed by atoms with Crippen LogP contribution in [0.4, 0.5) is 11.8 Å². The fourth-order valence-electron chi connectivity index (χ4n) is 1.70. The summed E-state index contributed by atoms with van der Waals surface area (Å²) in [6, 6.07) is 0.343. The number of fused-ring (bicyclic) bond motifs is 1. The summed E-state index contributed by atoms with van der Waals surface area (Å²) in [6.07, 6.45) is 3.72. The Morgan fingerprint density at radius 3 is 3.05 bits per heavy atom. The minimum absolute atomic E-state index is 0.0555. The molecule has 1 amide bonds. The fourth-order valence-corrected chi connectivity index (χ4v) is 1.70. The molecule has 9 nitrogen and oxygen atoms in total. The van der Waals surface area contributed by atoms with Crippen LogP contribution in [0.5, 0.6) is 0 Å². The number of hydrogen-bond donors (Lipinski definition) is 5. The molecule has 0 unspecified atom stereocenters. The molecule has 9 heteroatoms. The number of rotatable bonds is 5. The SMILES string of the molecule is NNc1nc(NCC(=O)NC2CC2)c2cn[nH]c2n1. The summed E-state index contributed by atoms with van der Waals surface area (Å²) in [7, 11) is 0. The molecule has 1 aliphatic rings. The van der Waals surface area contributed by atoms with Gasteiger partial charge in [-0.05, 0) is 12.8 Å². The Morgan fingerprint density at radius 2 is 2.32 bits per heavy atom. The van der Waals surface area contributed by atoms with E-state index in [1.807, 2.05) is 0 Å². The van der Waals surface area contributed by atoms with E-state index in [1.165, 1.54) is 0 Å². The normalized spacial score (nSPS) is 14.4. The van der Waals surface area contributed by atoms with Crippen molar-refractivity contribution in [3.8, 4) is 0 Å². The van der Waals surface area contributed by atoms with Crippen molar-refractivity contribution in [3.05, 3.63) is 6.20 Å². The van der Waals surface area contributed by atoms with Crippen LogP contribution >= 0.6 is 0 Å². The Bertz CT molecular complexity index is 605. The number of aromatic nitrogens is 4. The largest absolute Gasteiger partial charge is 0.360 e. The van der Waals surface area contributed by atoms with Crippen LogP contribution in [0.2, 0.25) is 0 Å². The van der Waals surface area contributed by atoms with Gasteiger partial charge in [0, 0.05) is 6.04 Å². The summed E-state index contributed by atoms with van der Waals surface area (Å²) in [6.45, 7) is 0.151. The predicted octanol–water partition coefficient (Wildman–Crippen LogP) is -0.671. The van der Waals surface area contributed by atoms with E-state index in [-0.39, 0.29) is 18.4 Å². The standard InChI is InChI=1S/C10H14N8O/c11-17-10-15-8(6-3-13-18-9(6)16-10)12-4-7(19)14-5-1-2-5/h3,5H,1-2,4,11H2,(H,14,19)(H3,12,13,15,16,17,18). The average molecular weight is 262 g/mol. The van der Waals surface area contributed by atoms with Crippen LogP contribution in [-0.2, 0) is 4.79 Å². The first-order chi connectivity index (χ1) is 9.26. The van der Waals surface area contributed by atoms with Crippen molar-refractivity contribution in [2.75, 3.05) is 17.3 Å². The van der Waals surface area contributed by atoms with E-state index >= 15 is 0 Å². The second-order valence-electron chi connectivity index (χ2n) is 4.37. The van der Waals surface area contributed by atoms with Crippen LogP contribution in [0.1, 0.15) is 12.8 Å². The predicted molar refractivity (Wildman–Crippen MR) is 69.1 cm³/mol. The van der Waals surface area contributed by atoms with Gasteiger partial charge in [-0.2, -0.15) is 15.1 Å². The third kappa shape index (κ3) is 2.55. The molecule has 0 radical (unpaired) electrons. The lowest BCUT2D eigenvalue weighted by Gasteiger charge is -2.08. The van der Waals surface area contributed by atoms with E-state index in [4.69, 9.17) is 5.84 Å². The Labute approximate surface area is 108 Å². The van der Waals surface area contributed by atoms with E-state index in [1.54, 1.807) is 6.20 Å². The first-order valence-electron chi connectivity index (χ1n) is 5.97. The molecular formula is C10H14N8O. The Kier molecular flexibility index (Phi) is 2.88. The summed E-state index contributed by atoms with van der Waals surface area (Å²) in [4.78, 5) is 19.9. The summed E-state index contributed by atoms with van der Waals surface area (Å²) in [5.41, 5.74) is 2.92. The molecule has 1 saturated carbocycles. The maximum atomic E-state index is 11.6. The summed E-state index contributed by atoms with van der Waals surface area (Å²) < 4.78 is 0. The number of aromatic amines is 1. The lowest BCUT2D eigenvalue weighted by Crippen LogP contribution is -2.31. The molecule has 0 bridgehead atoms. The van der Waals surface area contributed by atoms with Crippen molar-refractivity contribution in [1.29, 1.82) is 0 Å². The maximum absolute atomic E-state index is 11.6. The highest BCUT2D eigenvalue weighted by Crippen LogP contribution is 2.20. The number of nitrogen functional groups attached to an aromatic ring is 1. The summed E-state index contributed by atoms with van der Waals surface area (Å²) >= 11 is 0. The van der Waals surface area contributed by atoms with Crippen molar-refractivity contribution >= 4 is 28.7 Å². The zero-order valence-corrected chi connectivity index (χ0v) is 10.1. The van der Waals surface area contributed by atoms with Crippen molar-refractivity contribution in [1.82, 2.24) is 25.5 Å². The second kappa shape index (κ2) is 4.69. The molecule has 0 atom stereocenters. The van der Waals surface area contributed by atoms with Gasteiger partial charge >= 0.3 is 0 Å². The van der Waals surface area contributed by atoms with Gasteiger partial charge in [-0.15, -0.1) is 0 Å². The number of H-pyrrole nitrogens is 1. The highest BCUT2D eigenvalue weighted by Gasteiger charge is 2.23. The van der Waals surface area contributed by atoms with Gasteiger partial charge in [0.25, 0.3) is 0 Å². The smallest absolute Gasteiger partial charge is 0.241 e. The Hall–Kier alpha value is -2.42. The van der Waals surface area contributed by atoms with E-state index < -0.39 is 0 Å². The molecule has 0 spiro atoms. The van der Waals surface area contributed by atoms with E-state index in [0.717, 1.165) is 12.8 Å². The van der Waals surface area contributed by atoms with Gasteiger partial charge in [0.2, 0.25) is 11.9 Å². The first-order valence-corrected chi connectivity index (χ1v) is 5.97. The van der Waals surface area contributed by atoms with Gasteiger partial charge in [-0.25, -0.2) is 5.84 Å². The van der Waals surface area contributed by atoms with Crippen LogP contribution in [0.15, 0.2) is 6.20 Å². The number of hydrazine groups is 1. The van der Waals surface area contributed by atoms with Gasteiger partial charge in [0.1, 0.15) is 5.82 Å². The van der Waals surface area contributed by atoms with Gasteiger partial charge in [0.05, 0.1) is 18.1 Å². The Morgan fingerprint density at radius 1 is 1.47 bits per heavy atom. The van der Waals surface area contributed by atoms with Crippen LogP contribution in [0.25, 0.3) is 11.0 Å². The van der Waals surface area contributed by atoms with E-state index in [2.05, 4.69) is 36.2 Å². The number of nitrogens with one attached hydrogen (secondary N) is 4. The van der Waals surface area contributed by atoms with E-state index in [9.17, 15) is 4.79 Å². The number of anilines is 2. The molecule has 3 rings (SSSR count). The third-order valence-corrected chi connectivity index (χ3v) is 2.80. The van der Waals surface area contributed by atoms with Crippen LogP contribution in [-0.4, -0.2) is 38.7 Å². The number of carbonyl (C=O) groups is 1. The quantitative estimate of drug-likeness (QED) is 0.356. The number of carbonyl (C=O) groups excluding carboxylic acids is 1. The fraction of sp³-hybridized carbons (Fsp3) is 0.400. The molecule has 0 aromatic carbocycles. The van der Waals surface area contributed by atoms with Gasteiger partial charge in [-0.1, -0.05) is 0 Å². The molecule has 1 aliphatic carbocycles. The first kappa shape index (κ1) is 11.7. The summed E-state index contributed by atoms with van der Waals surface area (Å²) in [5, 5.41) is 13.2. The van der Waals surface area contributed by atoms with Crippen molar-refractivity contribution in [3.63, 3.8) is 0 Å². The molecule has 2 aromatic rings. The minimum Gasteiger partial charge on any atom is -0.360 e. The zero-order valence-electron chi connectivity index (χ0n) is 10.1. The highest BCUT2D eigenvalue weighted by molar-refractivity contribution is 5.89. The molecular weight excluding hydrogens is 248 g/mol. The minimum atomic E-state index is -0.0555. The molecule has 0 aliphatic heterocycles. The lowest BCUT2D eigenvalue weighted by atomic mass is 10.4. The number of hydrogen-bond acceptors (Lipinski definition) is 7. The zero-order chi connectivity index (χ0) is 13.2. The highest BCUT2D eigenvalue weighted by atomic mass is 16.2. The maximum Gasteiger partial charge on any atom is 0.241 e. The number of nitrogens with zero attached hydrogens (tertiary/aromatic N) is 3. The van der Waals surface area contributed by atoms with Crippen molar-refractivity contribution < 1.29 is 4.79 Å². The number of nitrogens with two attached hydrogens (primary N) is 1. The monoisotopic (exact) mass is 262 g/mol. The molecule has 2 aromatic heterocycles. The van der Waals surface area contributed by atoms with Gasteiger partial charge in [0.15, 0.2) is 5.65 Å². The topological polar surface area (TPSA) is 134 Å². The van der Waals surface area contributed by atoms with Crippen molar-refractivity contribution in [2.45, 2.75) is 18.9 Å².